The Morgan fingerprint density at radius 1 is 1.14 bits per heavy atom. The zero-order valence-corrected chi connectivity index (χ0v) is 8.70. The number of alkyl halides is 3. The van der Waals surface area contributed by atoms with Crippen molar-refractivity contribution in [3.05, 3.63) is 23.3 Å². The van der Waals surface area contributed by atoms with Crippen LogP contribution in [0.2, 0.25) is 0 Å². The summed E-state index contributed by atoms with van der Waals surface area (Å²) >= 11 is 0. The van der Waals surface area contributed by atoms with Gasteiger partial charge in [0.2, 0.25) is 0 Å². The van der Waals surface area contributed by atoms with Crippen molar-refractivity contribution in [1.29, 1.82) is 0 Å². The van der Waals surface area contributed by atoms with Gasteiger partial charge in [0, 0.05) is 5.57 Å². The van der Waals surface area contributed by atoms with Gasteiger partial charge in [0.15, 0.2) is 0 Å². The molecule has 0 aromatic rings. The Hall–Kier alpha value is -0.730. The Bertz CT molecular complexity index is 274. The third-order valence-corrected chi connectivity index (χ3v) is 2.32. The van der Waals surface area contributed by atoms with E-state index in [1.165, 1.54) is 0 Å². The normalized spacial score (nSPS) is 19.0. The Morgan fingerprint density at radius 2 is 1.71 bits per heavy atom. The summed E-state index contributed by atoms with van der Waals surface area (Å²) in [6.45, 7) is 5.43. The van der Waals surface area contributed by atoms with Crippen LogP contribution in [0.25, 0.3) is 0 Å². The summed E-state index contributed by atoms with van der Waals surface area (Å²) in [6.07, 6.45) is -0.128. The maximum atomic E-state index is 12.6. The lowest BCUT2D eigenvalue weighted by atomic mass is 9.79. The molecule has 0 saturated heterocycles. The Kier molecular flexibility index (Phi) is 2.79. The van der Waals surface area contributed by atoms with Crippen molar-refractivity contribution >= 4 is 0 Å². The summed E-state index contributed by atoms with van der Waals surface area (Å²) in [5, 5.41) is 0. The first-order chi connectivity index (χ1) is 6.23. The van der Waals surface area contributed by atoms with E-state index in [4.69, 9.17) is 0 Å². The molecule has 0 amide bonds. The topological polar surface area (TPSA) is 0 Å². The van der Waals surface area contributed by atoms with Crippen LogP contribution < -0.4 is 0 Å². The molecule has 0 heterocycles. The maximum Gasteiger partial charge on any atom is 0.412 e. The first-order valence-corrected chi connectivity index (χ1v) is 4.70. The van der Waals surface area contributed by atoms with Gasteiger partial charge in [-0.05, 0) is 23.8 Å². The summed E-state index contributed by atoms with van der Waals surface area (Å²) < 4.78 is 37.9. The van der Waals surface area contributed by atoms with Crippen molar-refractivity contribution in [1.82, 2.24) is 0 Å². The van der Waals surface area contributed by atoms with Crippen LogP contribution in [0.15, 0.2) is 23.3 Å². The predicted octanol–water partition coefficient (Wildman–Crippen LogP) is 4.24. The van der Waals surface area contributed by atoms with Crippen LogP contribution in [0, 0.1) is 5.41 Å². The molecule has 0 unspecified atom stereocenters. The number of hydrogen-bond donors (Lipinski definition) is 0. The molecule has 1 rings (SSSR count). The molecule has 14 heavy (non-hydrogen) atoms. The highest BCUT2D eigenvalue weighted by atomic mass is 19.4. The summed E-state index contributed by atoms with van der Waals surface area (Å²) in [5.41, 5.74) is -0.356. The van der Waals surface area contributed by atoms with Crippen LogP contribution in [0.3, 0.4) is 0 Å². The van der Waals surface area contributed by atoms with Gasteiger partial charge in [0.25, 0.3) is 0 Å². The SMILES string of the molecule is CC(C)(C)C1=C(C(F)(F)F)CCC=C1. The Balaban J connectivity index is 3.18. The molecule has 0 aromatic carbocycles. The highest BCUT2D eigenvalue weighted by Gasteiger charge is 2.38. The fraction of sp³-hybridized carbons (Fsp3) is 0.636. The molecule has 1 aliphatic rings. The third-order valence-electron chi connectivity index (χ3n) is 2.32. The average Bonchev–Trinajstić information content (AvgIpc) is 2.01. The summed E-state index contributed by atoms with van der Waals surface area (Å²) in [6, 6.07) is 0. The van der Waals surface area contributed by atoms with Crippen molar-refractivity contribution in [2.45, 2.75) is 39.8 Å². The van der Waals surface area contributed by atoms with E-state index in [0.29, 0.717) is 12.0 Å². The van der Waals surface area contributed by atoms with E-state index in [-0.39, 0.29) is 12.0 Å². The lowest BCUT2D eigenvalue weighted by Crippen LogP contribution is -2.21. The van der Waals surface area contributed by atoms with Crippen molar-refractivity contribution < 1.29 is 13.2 Å². The molecular formula is C11H15F3. The van der Waals surface area contributed by atoms with Crippen molar-refractivity contribution in [3.8, 4) is 0 Å². The predicted molar refractivity (Wildman–Crippen MR) is 50.9 cm³/mol. The molecule has 0 nitrogen and oxygen atoms in total. The fourth-order valence-electron chi connectivity index (χ4n) is 1.66. The van der Waals surface area contributed by atoms with E-state index in [1.807, 2.05) is 26.8 Å². The van der Waals surface area contributed by atoms with Crippen molar-refractivity contribution in [3.63, 3.8) is 0 Å². The third kappa shape index (κ3) is 2.40. The summed E-state index contributed by atoms with van der Waals surface area (Å²) in [5.74, 6) is 0. The maximum absolute atomic E-state index is 12.6. The molecule has 0 bridgehead atoms. The van der Waals surface area contributed by atoms with E-state index in [0.717, 1.165) is 0 Å². The van der Waals surface area contributed by atoms with Crippen LogP contribution in [0.5, 0.6) is 0 Å². The number of hydrogen-bond acceptors (Lipinski definition) is 0. The molecule has 0 N–H and O–H groups in total. The van der Waals surface area contributed by atoms with E-state index in [2.05, 4.69) is 0 Å². The number of halogens is 3. The van der Waals surface area contributed by atoms with E-state index in [9.17, 15) is 13.2 Å². The second-order valence-electron chi connectivity index (χ2n) is 4.58. The van der Waals surface area contributed by atoms with Crippen molar-refractivity contribution in [2.24, 2.45) is 5.41 Å². The molecule has 0 saturated carbocycles. The smallest absolute Gasteiger partial charge is 0.166 e. The standard InChI is InChI=1S/C11H15F3/c1-10(2,3)8-6-4-5-7-9(8)11(12,13)14/h4,6H,5,7H2,1-3H3. The van der Waals surface area contributed by atoms with E-state index >= 15 is 0 Å². The van der Waals surface area contributed by atoms with Crippen LogP contribution in [-0.4, -0.2) is 6.18 Å². The molecule has 0 fully saturated rings. The molecule has 0 atom stereocenters. The highest BCUT2D eigenvalue weighted by molar-refractivity contribution is 5.36. The van der Waals surface area contributed by atoms with Gasteiger partial charge < -0.3 is 0 Å². The minimum Gasteiger partial charge on any atom is -0.166 e. The zero-order chi connectivity index (χ0) is 11.0. The van der Waals surface area contributed by atoms with Gasteiger partial charge in [-0.1, -0.05) is 32.9 Å². The first kappa shape index (κ1) is 11.3. The molecule has 80 valence electrons. The van der Waals surface area contributed by atoms with Crippen LogP contribution in [0.4, 0.5) is 13.2 Å². The van der Waals surface area contributed by atoms with Gasteiger partial charge in [-0.3, -0.25) is 0 Å². The van der Waals surface area contributed by atoms with Crippen molar-refractivity contribution in [2.75, 3.05) is 0 Å². The number of allylic oxidation sites excluding steroid dienone is 4. The van der Waals surface area contributed by atoms with E-state index in [1.54, 1.807) is 6.08 Å². The monoisotopic (exact) mass is 204 g/mol. The van der Waals surface area contributed by atoms with Gasteiger partial charge >= 0.3 is 6.18 Å². The second kappa shape index (κ2) is 3.44. The van der Waals surface area contributed by atoms with E-state index < -0.39 is 11.6 Å². The Labute approximate surface area is 82.5 Å². The lowest BCUT2D eigenvalue weighted by molar-refractivity contribution is -0.0955. The van der Waals surface area contributed by atoms with Crippen LogP contribution in [-0.2, 0) is 0 Å². The van der Waals surface area contributed by atoms with Crippen LogP contribution in [0.1, 0.15) is 33.6 Å². The fourth-order valence-corrected chi connectivity index (χ4v) is 1.66. The highest BCUT2D eigenvalue weighted by Crippen LogP contribution is 2.41. The van der Waals surface area contributed by atoms with Gasteiger partial charge in [0.05, 0.1) is 0 Å². The second-order valence-corrected chi connectivity index (χ2v) is 4.58. The molecule has 0 spiro atoms. The number of rotatable bonds is 0. The first-order valence-electron chi connectivity index (χ1n) is 4.70. The molecule has 3 heteroatoms. The molecule has 0 aliphatic heterocycles. The zero-order valence-electron chi connectivity index (χ0n) is 8.70. The molecule has 1 aliphatic carbocycles. The minimum absolute atomic E-state index is 0.118. The molecule has 0 aromatic heterocycles. The largest absolute Gasteiger partial charge is 0.412 e. The van der Waals surface area contributed by atoms with Gasteiger partial charge in [-0.15, -0.1) is 0 Å². The minimum atomic E-state index is -4.17. The summed E-state index contributed by atoms with van der Waals surface area (Å²) in [4.78, 5) is 0. The van der Waals surface area contributed by atoms with Gasteiger partial charge in [-0.25, -0.2) is 0 Å². The van der Waals surface area contributed by atoms with Crippen LogP contribution >= 0.6 is 0 Å². The molecular weight excluding hydrogens is 189 g/mol. The summed E-state index contributed by atoms with van der Waals surface area (Å²) in [7, 11) is 0. The van der Waals surface area contributed by atoms with Gasteiger partial charge in [-0.2, -0.15) is 13.2 Å². The quantitative estimate of drug-likeness (QED) is 0.553. The lowest BCUT2D eigenvalue weighted by Gasteiger charge is -2.28. The molecule has 0 radical (unpaired) electrons. The Morgan fingerprint density at radius 3 is 2.07 bits per heavy atom. The average molecular weight is 204 g/mol. The van der Waals surface area contributed by atoms with Gasteiger partial charge in [0.1, 0.15) is 0 Å².